The molecule has 0 fully saturated rings. The van der Waals surface area contributed by atoms with Crippen LogP contribution in [0.15, 0.2) is 0 Å². The molecule has 0 nitrogen and oxygen atoms in total. The maximum Gasteiger partial charge on any atom is 0.378 e. The number of hydrogen-bond acceptors (Lipinski definition) is 0. The molecule has 9 heteroatoms. The van der Waals surface area contributed by atoms with Crippen molar-refractivity contribution in [2.45, 2.75) is 24.2 Å². The lowest BCUT2D eigenvalue weighted by atomic mass is 10.1. The first-order valence-corrected chi connectivity index (χ1v) is 4.51. The third-order valence-electron chi connectivity index (χ3n) is 1.32. The van der Waals surface area contributed by atoms with Crippen LogP contribution < -0.4 is 0 Å². The Bertz CT molecular complexity index is 200. The fraction of sp³-hybridized carbons (Fsp3) is 1.00. The third kappa shape index (κ3) is 2.06. The minimum atomic E-state index is -6.06. The van der Waals surface area contributed by atoms with Crippen molar-refractivity contribution in [1.82, 2.24) is 0 Å². The van der Waals surface area contributed by atoms with Gasteiger partial charge in [0.1, 0.15) is 0 Å². The third-order valence-corrected chi connectivity index (χ3v) is 2.28. The first-order valence-electron chi connectivity index (χ1n) is 2.98. The Labute approximate surface area is 86.8 Å². The second-order valence-electron chi connectivity index (χ2n) is 2.34. The maximum absolute atomic E-state index is 12.2. The molecule has 0 N–H and O–H groups in total. The topological polar surface area (TPSA) is 0 Å². The lowest BCUT2D eigenvalue weighted by molar-refractivity contribution is -0.331. The van der Waals surface area contributed by atoms with Crippen LogP contribution in [-0.2, 0) is 0 Å². The van der Waals surface area contributed by atoms with Gasteiger partial charge >= 0.3 is 24.2 Å². The molecule has 0 bridgehead atoms. The van der Waals surface area contributed by atoms with Crippen LogP contribution in [-0.4, -0.2) is 28.6 Å². The molecule has 0 saturated carbocycles. The summed E-state index contributed by atoms with van der Waals surface area (Å²) in [6.07, 6.45) is -4.84. The van der Waals surface area contributed by atoms with Crippen molar-refractivity contribution in [1.29, 1.82) is 0 Å². The first-order chi connectivity index (χ1) is 6.00. The molecule has 0 amide bonds. The van der Waals surface area contributed by atoms with Gasteiger partial charge in [-0.05, 0) is 0 Å². The van der Waals surface area contributed by atoms with Crippen molar-refractivity contribution in [3.63, 3.8) is 0 Å². The van der Waals surface area contributed by atoms with Gasteiger partial charge in [-0.15, -0.1) is 0 Å². The zero-order valence-electron chi connectivity index (χ0n) is 6.19. The average Bonchev–Trinajstić information content (AvgIpc) is 2.03. The molecule has 86 valence electrons. The summed E-state index contributed by atoms with van der Waals surface area (Å²) in [6, 6.07) is 0. The zero-order chi connectivity index (χ0) is 11.8. The summed E-state index contributed by atoms with van der Waals surface area (Å²) >= 11 is 0.711. The highest BCUT2D eigenvalue weighted by atomic mass is 127. The fourth-order valence-corrected chi connectivity index (χ4v) is 0.944. The monoisotopic (exact) mass is 342 g/mol. The molecule has 0 aliphatic heterocycles. The van der Waals surface area contributed by atoms with Crippen molar-refractivity contribution in [2.75, 3.05) is 4.43 Å². The van der Waals surface area contributed by atoms with Crippen molar-refractivity contribution in [3.05, 3.63) is 0 Å². The number of rotatable bonds is 4. The molecule has 0 heterocycles. The van der Waals surface area contributed by atoms with Gasteiger partial charge in [0.25, 0.3) is 0 Å². The number of halogens is 9. The molecule has 0 aromatic carbocycles. The van der Waals surface area contributed by atoms with Gasteiger partial charge < -0.3 is 0 Å². The molecule has 0 aromatic heterocycles. The van der Waals surface area contributed by atoms with Gasteiger partial charge in [0.05, 0.1) is 4.43 Å². The van der Waals surface area contributed by atoms with Crippen LogP contribution in [0.3, 0.4) is 0 Å². The molecule has 0 aromatic rings. The summed E-state index contributed by atoms with van der Waals surface area (Å²) in [7, 11) is 0. The summed E-state index contributed by atoms with van der Waals surface area (Å²) in [5.74, 6) is -17.3. The van der Waals surface area contributed by atoms with Crippen LogP contribution in [0.1, 0.15) is 0 Å². The van der Waals surface area contributed by atoms with E-state index in [0.29, 0.717) is 22.6 Å². The molecular weight excluding hydrogens is 339 g/mol. The van der Waals surface area contributed by atoms with Crippen molar-refractivity contribution in [2.24, 2.45) is 0 Å². The Morgan fingerprint density at radius 2 is 1.29 bits per heavy atom. The highest BCUT2D eigenvalue weighted by Crippen LogP contribution is 2.48. The Morgan fingerprint density at radius 1 is 0.929 bits per heavy atom. The van der Waals surface area contributed by atoms with Gasteiger partial charge in [0, 0.05) is 0 Å². The summed E-state index contributed by atoms with van der Waals surface area (Å²) in [5.41, 5.74) is 0. The Hall–Kier alpha value is 0.170. The highest BCUT2D eigenvalue weighted by molar-refractivity contribution is 14.1. The average molecular weight is 342 g/mol. The smallest absolute Gasteiger partial charge is 0.203 e. The normalized spacial score (nSPS) is 15.0. The van der Waals surface area contributed by atoms with Crippen LogP contribution in [0.4, 0.5) is 35.1 Å². The Kier molecular flexibility index (Phi) is 4.02. The van der Waals surface area contributed by atoms with E-state index in [4.69, 9.17) is 0 Å². The van der Waals surface area contributed by atoms with Gasteiger partial charge in [-0.25, -0.2) is 8.78 Å². The van der Waals surface area contributed by atoms with E-state index >= 15 is 0 Å². The quantitative estimate of drug-likeness (QED) is 0.416. The van der Waals surface area contributed by atoms with Crippen molar-refractivity contribution in [3.8, 4) is 0 Å². The molecule has 0 rings (SSSR count). The van der Waals surface area contributed by atoms with Gasteiger partial charge in [-0.3, -0.25) is 0 Å². The molecular formula is C5H3F8I. The van der Waals surface area contributed by atoms with Gasteiger partial charge in [0.15, 0.2) is 0 Å². The largest absolute Gasteiger partial charge is 0.378 e. The van der Waals surface area contributed by atoms with Gasteiger partial charge in [-0.1, -0.05) is 22.6 Å². The standard InChI is InChI=1S/C5H3F8I/c6-2(7)4(10,11)5(12,13)3(8,9)1-14/h2H,1H2. The molecule has 0 aliphatic rings. The summed E-state index contributed by atoms with van der Waals surface area (Å²) < 4.78 is 94.1. The van der Waals surface area contributed by atoms with E-state index < -0.39 is 28.6 Å². The Morgan fingerprint density at radius 3 is 1.50 bits per heavy atom. The van der Waals surface area contributed by atoms with Gasteiger partial charge in [-0.2, -0.15) is 26.3 Å². The second-order valence-corrected chi connectivity index (χ2v) is 3.10. The lowest BCUT2D eigenvalue weighted by Gasteiger charge is -2.31. The maximum atomic E-state index is 12.2. The van der Waals surface area contributed by atoms with Crippen LogP contribution in [0.2, 0.25) is 0 Å². The molecule has 0 radical (unpaired) electrons. The van der Waals surface area contributed by atoms with E-state index in [1.165, 1.54) is 0 Å². The van der Waals surface area contributed by atoms with E-state index in [2.05, 4.69) is 0 Å². The van der Waals surface area contributed by atoms with E-state index in [0.717, 1.165) is 0 Å². The van der Waals surface area contributed by atoms with Crippen LogP contribution in [0.5, 0.6) is 0 Å². The SMILES string of the molecule is FC(F)C(F)(F)C(F)(F)C(F)(F)CI. The molecule has 0 saturated heterocycles. The molecule has 0 unspecified atom stereocenters. The minimum Gasteiger partial charge on any atom is -0.203 e. The van der Waals surface area contributed by atoms with E-state index in [-0.39, 0.29) is 0 Å². The van der Waals surface area contributed by atoms with E-state index in [1.807, 2.05) is 0 Å². The fourth-order valence-electron chi connectivity index (χ4n) is 0.465. The minimum absolute atomic E-state index is 0.711. The van der Waals surface area contributed by atoms with Crippen LogP contribution >= 0.6 is 22.6 Å². The van der Waals surface area contributed by atoms with E-state index in [9.17, 15) is 35.1 Å². The predicted molar refractivity (Wildman–Crippen MR) is 39.7 cm³/mol. The summed E-state index contributed by atoms with van der Waals surface area (Å²) in [6.45, 7) is 0. The molecule has 0 atom stereocenters. The predicted octanol–water partition coefficient (Wildman–Crippen LogP) is 3.59. The van der Waals surface area contributed by atoms with E-state index in [1.54, 1.807) is 0 Å². The summed E-state index contributed by atoms with van der Waals surface area (Å²) in [5, 5.41) is 0. The molecule has 0 aliphatic carbocycles. The molecule has 0 spiro atoms. The zero-order valence-corrected chi connectivity index (χ0v) is 8.34. The lowest BCUT2D eigenvalue weighted by Crippen LogP contribution is -2.58. The highest BCUT2D eigenvalue weighted by Gasteiger charge is 2.74. The Balaban J connectivity index is 5.14. The number of hydrogen-bond donors (Lipinski definition) is 0. The number of alkyl halides is 9. The molecule has 14 heavy (non-hydrogen) atoms. The first kappa shape index (κ1) is 14.2. The second kappa shape index (κ2) is 3.97. The van der Waals surface area contributed by atoms with Gasteiger partial charge in [0.2, 0.25) is 0 Å². The summed E-state index contributed by atoms with van der Waals surface area (Å²) in [4.78, 5) is 0. The van der Waals surface area contributed by atoms with Crippen molar-refractivity contribution < 1.29 is 35.1 Å². The van der Waals surface area contributed by atoms with Crippen LogP contribution in [0.25, 0.3) is 0 Å². The van der Waals surface area contributed by atoms with Crippen molar-refractivity contribution >= 4 is 22.6 Å². The van der Waals surface area contributed by atoms with Crippen LogP contribution in [0, 0.1) is 0 Å².